The molecule has 2 aromatic carbocycles. The van der Waals surface area contributed by atoms with Crippen LogP contribution in [-0.2, 0) is 0 Å². The Balaban J connectivity index is 1.77. The first kappa shape index (κ1) is 17.0. The number of halogens is 2. The van der Waals surface area contributed by atoms with Crippen LogP contribution >= 0.6 is 0 Å². The molecule has 136 valence electrons. The van der Waals surface area contributed by atoms with E-state index in [0.717, 1.165) is 12.1 Å². The summed E-state index contributed by atoms with van der Waals surface area (Å²) in [5.41, 5.74) is 1.57. The highest BCUT2D eigenvalue weighted by Gasteiger charge is 2.39. The molecule has 2 heterocycles. The average molecular weight is 367 g/mol. The number of aromatic nitrogens is 1. The summed E-state index contributed by atoms with van der Waals surface area (Å²) in [6.45, 7) is 0. The largest absolute Gasteiger partial charge is 0.497 e. The van der Waals surface area contributed by atoms with Crippen molar-refractivity contribution in [3.8, 4) is 5.75 Å². The van der Waals surface area contributed by atoms with Gasteiger partial charge in [0.1, 0.15) is 17.4 Å². The number of nitrogens with zero attached hydrogens (tertiary/aromatic N) is 2. The molecule has 0 saturated carbocycles. The molecule has 1 aliphatic rings. The van der Waals surface area contributed by atoms with E-state index in [1.165, 1.54) is 11.0 Å². The van der Waals surface area contributed by atoms with Gasteiger partial charge in [-0.3, -0.25) is 14.7 Å². The summed E-state index contributed by atoms with van der Waals surface area (Å²) in [6, 6.07) is 13.5. The van der Waals surface area contributed by atoms with E-state index in [1.54, 1.807) is 49.7 Å². The Morgan fingerprint density at radius 2 is 1.89 bits per heavy atom. The standard InChI is InChI=1S/C20H15F2N3O2/c1-27-14-7-5-13(6-8-14)25-19(18-15(20(25)26)3-2-10-23-18)24-17-9-4-12(21)11-16(17)22/h2-11,19,24H,1H3/t19-/m0/s1. The number of hydrogen-bond acceptors (Lipinski definition) is 4. The summed E-state index contributed by atoms with van der Waals surface area (Å²) in [5, 5.41) is 2.97. The fourth-order valence-corrected chi connectivity index (χ4v) is 3.08. The second-order valence-corrected chi connectivity index (χ2v) is 5.98. The maximum Gasteiger partial charge on any atom is 0.262 e. The van der Waals surface area contributed by atoms with Gasteiger partial charge in [0, 0.05) is 18.0 Å². The molecule has 1 aromatic heterocycles. The van der Waals surface area contributed by atoms with Crippen LogP contribution < -0.4 is 15.0 Å². The average Bonchev–Trinajstić information content (AvgIpc) is 2.96. The normalized spacial score (nSPS) is 15.6. The van der Waals surface area contributed by atoms with E-state index in [9.17, 15) is 13.6 Å². The molecule has 0 saturated heterocycles. The van der Waals surface area contributed by atoms with Gasteiger partial charge in [-0.1, -0.05) is 0 Å². The quantitative estimate of drug-likeness (QED) is 0.753. The second kappa shape index (κ2) is 6.68. The fraction of sp³-hybridized carbons (Fsp3) is 0.100. The van der Waals surface area contributed by atoms with Gasteiger partial charge in [0.15, 0.2) is 6.17 Å². The van der Waals surface area contributed by atoms with Gasteiger partial charge in [0.25, 0.3) is 5.91 Å². The predicted octanol–water partition coefficient (Wildman–Crippen LogP) is 4.14. The van der Waals surface area contributed by atoms with Gasteiger partial charge < -0.3 is 10.1 Å². The number of benzene rings is 2. The van der Waals surface area contributed by atoms with Crippen LogP contribution in [0.5, 0.6) is 5.75 Å². The van der Waals surface area contributed by atoms with Gasteiger partial charge in [-0.15, -0.1) is 0 Å². The van der Waals surface area contributed by atoms with Crippen LogP contribution in [0.15, 0.2) is 60.8 Å². The van der Waals surface area contributed by atoms with Crippen LogP contribution in [0.25, 0.3) is 0 Å². The zero-order chi connectivity index (χ0) is 19.0. The van der Waals surface area contributed by atoms with Crippen molar-refractivity contribution in [3.05, 3.63) is 83.7 Å². The molecule has 4 rings (SSSR count). The molecule has 0 fully saturated rings. The van der Waals surface area contributed by atoms with Crippen molar-refractivity contribution in [1.82, 2.24) is 4.98 Å². The zero-order valence-electron chi connectivity index (χ0n) is 14.3. The number of methoxy groups -OCH3 is 1. The third-order valence-electron chi connectivity index (χ3n) is 4.38. The maximum absolute atomic E-state index is 14.2. The minimum atomic E-state index is -0.749. The van der Waals surface area contributed by atoms with Crippen LogP contribution in [0.3, 0.4) is 0 Å². The molecule has 1 N–H and O–H groups in total. The third-order valence-corrected chi connectivity index (χ3v) is 4.38. The summed E-state index contributed by atoms with van der Waals surface area (Å²) in [5.74, 6) is -1.04. The number of nitrogens with one attached hydrogen (secondary N) is 1. The lowest BCUT2D eigenvalue weighted by molar-refractivity contribution is 0.0993. The second-order valence-electron chi connectivity index (χ2n) is 5.98. The first-order valence-electron chi connectivity index (χ1n) is 8.22. The minimum Gasteiger partial charge on any atom is -0.497 e. The Morgan fingerprint density at radius 1 is 1.11 bits per heavy atom. The molecule has 0 bridgehead atoms. The van der Waals surface area contributed by atoms with E-state index in [4.69, 9.17) is 4.74 Å². The monoisotopic (exact) mass is 367 g/mol. The van der Waals surface area contributed by atoms with Gasteiger partial charge in [-0.25, -0.2) is 8.78 Å². The highest BCUT2D eigenvalue weighted by molar-refractivity contribution is 6.11. The van der Waals surface area contributed by atoms with Crippen LogP contribution in [0, 0.1) is 11.6 Å². The number of anilines is 2. The molecule has 1 atom stereocenters. The molecule has 0 aliphatic carbocycles. The van der Waals surface area contributed by atoms with Gasteiger partial charge >= 0.3 is 0 Å². The summed E-state index contributed by atoms with van der Waals surface area (Å²) in [6.07, 6.45) is 0.835. The SMILES string of the molecule is COc1ccc(N2C(=O)c3cccnc3[C@H]2Nc2ccc(F)cc2F)cc1. The van der Waals surface area contributed by atoms with E-state index in [-0.39, 0.29) is 11.6 Å². The van der Waals surface area contributed by atoms with E-state index < -0.39 is 17.8 Å². The number of rotatable bonds is 4. The van der Waals surface area contributed by atoms with Crippen LogP contribution in [-0.4, -0.2) is 18.0 Å². The van der Waals surface area contributed by atoms with Crippen molar-refractivity contribution in [2.24, 2.45) is 0 Å². The van der Waals surface area contributed by atoms with Gasteiger partial charge in [0.05, 0.1) is 24.1 Å². The lowest BCUT2D eigenvalue weighted by Crippen LogP contribution is -2.32. The number of carbonyl (C=O) groups excluding carboxylic acids is 1. The molecular weight excluding hydrogens is 352 g/mol. The van der Waals surface area contributed by atoms with Crippen LogP contribution in [0.1, 0.15) is 22.2 Å². The number of pyridine rings is 1. The Morgan fingerprint density at radius 3 is 2.59 bits per heavy atom. The third kappa shape index (κ3) is 2.97. The van der Waals surface area contributed by atoms with E-state index >= 15 is 0 Å². The molecule has 1 aliphatic heterocycles. The highest BCUT2D eigenvalue weighted by atomic mass is 19.1. The Bertz CT molecular complexity index is 1010. The van der Waals surface area contributed by atoms with Gasteiger partial charge in [-0.05, 0) is 48.5 Å². The van der Waals surface area contributed by atoms with Gasteiger partial charge in [0.2, 0.25) is 0 Å². The van der Waals surface area contributed by atoms with E-state index in [1.807, 2.05) is 0 Å². The van der Waals surface area contributed by atoms with Crippen molar-refractivity contribution in [1.29, 1.82) is 0 Å². The number of ether oxygens (including phenoxy) is 1. The molecule has 3 aromatic rings. The number of fused-ring (bicyclic) bond motifs is 1. The van der Waals surface area contributed by atoms with E-state index in [0.29, 0.717) is 22.7 Å². The summed E-state index contributed by atoms with van der Waals surface area (Å²) in [7, 11) is 1.55. The smallest absolute Gasteiger partial charge is 0.262 e. The zero-order valence-corrected chi connectivity index (χ0v) is 14.3. The lowest BCUT2D eigenvalue weighted by Gasteiger charge is -2.26. The van der Waals surface area contributed by atoms with Gasteiger partial charge in [-0.2, -0.15) is 0 Å². The molecule has 0 radical (unpaired) electrons. The Kier molecular flexibility index (Phi) is 4.19. The first-order valence-corrected chi connectivity index (χ1v) is 8.22. The van der Waals surface area contributed by atoms with E-state index in [2.05, 4.69) is 10.3 Å². The van der Waals surface area contributed by atoms with Crippen molar-refractivity contribution < 1.29 is 18.3 Å². The predicted molar refractivity (Wildman–Crippen MR) is 96.8 cm³/mol. The molecule has 0 unspecified atom stereocenters. The molecular formula is C20H15F2N3O2. The molecule has 1 amide bonds. The Hall–Kier alpha value is -3.48. The van der Waals surface area contributed by atoms with Crippen molar-refractivity contribution in [2.75, 3.05) is 17.3 Å². The topological polar surface area (TPSA) is 54.5 Å². The number of hydrogen-bond donors (Lipinski definition) is 1. The fourth-order valence-electron chi connectivity index (χ4n) is 3.08. The summed E-state index contributed by atoms with van der Waals surface area (Å²) >= 11 is 0. The number of amides is 1. The highest BCUT2D eigenvalue weighted by Crippen LogP contribution is 2.37. The molecule has 0 spiro atoms. The van der Waals surface area contributed by atoms with Crippen molar-refractivity contribution >= 4 is 17.3 Å². The first-order chi connectivity index (χ1) is 13.1. The lowest BCUT2D eigenvalue weighted by atomic mass is 10.2. The summed E-state index contributed by atoms with van der Waals surface area (Å²) < 4.78 is 32.5. The number of carbonyl (C=O) groups is 1. The summed E-state index contributed by atoms with van der Waals surface area (Å²) in [4.78, 5) is 18.7. The minimum absolute atomic E-state index is 0.0752. The van der Waals surface area contributed by atoms with Crippen molar-refractivity contribution in [3.63, 3.8) is 0 Å². The maximum atomic E-state index is 14.2. The Labute approximate surface area is 154 Å². The molecule has 5 nitrogen and oxygen atoms in total. The van der Waals surface area contributed by atoms with Crippen LogP contribution in [0.4, 0.5) is 20.2 Å². The molecule has 27 heavy (non-hydrogen) atoms. The van der Waals surface area contributed by atoms with Crippen molar-refractivity contribution in [2.45, 2.75) is 6.17 Å². The van der Waals surface area contributed by atoms with Crippen LogP contribution in [0.2, 0.25) is 0 Å². The molecule has 7 heteroatoms.